The van der Waals surface area contributed by atoms with Crippen molar-refractivity contribution in [1.82, 2.24) is 9.55 Å². The van der Waals surface area contributed by atoms with Crippen molar-refractivity contribution >= 4 is 38.6 Å². The van der Waals surface area contributed by atoms with E-state index in [1.807, 2.05) is 37.3 Å². The van der Waals surface area contributed by atoms with Crippen LogP contribution < -0.4 is 5.56 Å². The smallest absolute Gasteiger partial charge is 0.261 e. The van der Waals surface area contributed by atoms with E-state index < -0.39 is 0 Å². The number of halogens is 1. The molecule has 2 aromatic carbocycles. The Morgan fingerprint density at radius 1 is 1.32 bits per heavy atom. The summed E-state index contributed by atoms with van der Waals surface area (Å²) in [5.41, 5.74) is 3.14. The summed E-state index contributed by atoms with van der Waals surface area (Å²) in [6.07, 6.45) is 1.57. The molecule has 3 rings (SSSR count). The Bertz CT molecular complexity index is 1050. The van der Waals surface area contributed by atoms with Gasteiger partial charge in [-0.05, 0) is 70.1 Å². The number of aromatic nitrogens is 2. The number of fused-ring (bicyclic) bond motifs is 1. The van der Waals surface area contributed by atoms with Crippen LogP contribution in [0.5, 0.6) is 0 Å². The SMILES string of the molecule is CCSc1ccc(C#N)cc1Cn1cnc2c(Br)cc(C)cc2c1=O. The van der Waals surface area contributed by atoms with Crippen molar-refractivity contribution in [1.29, 1.82) is 5.26 Å². The molecule has 6 heteroatoms. The van der Waals surface area contributed by atoms with E-state index in [9.17, 15) is 4.79 Å². The summed E-state index contributed by atoms with van der Waals surface area (Å²) in [5, 5.41) is 9.76. The first-order valence-corrected chi connectivity index (χ1v) is 9.62. The fourth-order valence-electron chi connectivity index (χ4n) is 2.73. The Labute approximate surface area is 158 Å². The van der Waals surface area contributed by atoms with E-state index in [1.165, 1.54) is 0 Å². The van der Waals surface area contributed by atoms with Crippen molar-refractivity contribution in [3.8, 4) is 6.07 Å². The molecule has 0 spiro atoms. The van der Waals surface area contributed by atoms with E-state index in [0.29, 0.717) is 23.0 Å². The Hall–Kier alpha value is -2.10. The van der Waals surface area contributed by atoms with E-state index in [1.54, 1.807) is 22.7 Å². The monoisotopic (exact) mass is 413 g/mol. The van der Waals surface area contributed by atoms with Crippen LogP contribution in [0.2, 0.25) is 0 Å². The first-order valence-electron chi connectivity index (χ1n) is 7.84. The van der Waals surface area contributed by atoms with Crippen molar-refractivity contribution in [2.75, 3.05) is 5.75 Å². The van der Waals surface area contributed by atoms with Crippen LogP contribution in [0.3, 0.4) is 0 Å². The lowest BCUT2D eigenvalue weighted by Gasteiger charge is -2.12. The molecule has 0 bridgehead atoms. The number of rotatable bonds is 4. The van der Waals surface area contributed by atoms with Crippen LogP contribution in [0.25, 0.3) is 10.9 Å². The molecule has 3 aromatic rings. The molecule has 0 aliphatic rings. The topological polar surface area (TPSA) is 58.7 Å². The molecule has 0 N–H and O–H groups in total. The number of nitriles is 1. The van der Waals surface area contributed by atoms with Crippen molar-refractivity contribution in [3.05, 3.63) is 68.2 Å². The van der Waals surface area contributed by atoms with Gasteiger partial charge in [-0.3, -0.25) is 9.36 Å². The molecule has 0 saturated carbocycles. The lowest BCUT2D eigenvalue weighted by atomic mass is 10.1. The van der Waals surface area contributed by atoms with Gasteiger partial charge >= 0.3 is 0 Å². The maximum absolute atomic E-state index is 12.9. The first-order chi connectivity index (χ1) is 12.0. The molecule has 126 valence electrons. The van der Waals surface area contributed by atoms with Gasteiger partial charge in [-0.2, -0.15) is 5.26 Å². The van der Waals surface area contributed by atoms with Crippen molar-refractivity contribution in [2.45, 2.75) is 25.3 Å². The molecule has 0 unspecified atom stereocenters. The lowest BCUT2D eigenvalue weighted by Crippen LogP contribution is -2.21. The van der Waals surface area contributed by atoms with E-state index in [2.05, 4.69) is 33.9 Å². The normalized spacial score (nSPS) is 10.8. The highest BCUT2D eigenvalue weighted by Crippen LogP contribution is 2.25. The molecule has 0 saturated heterocycles. The average molecular weight is 414 g/mol. The largest absolute Gasteiger partial charge is 0.294 e. The number of thioether (sulfide) groups is 1. The summed E-state index contributed by atoms with van der Waals surface area (Å²) < 4.78 is 2.42. The molecule has 0 aliphatic heterocycles. The van der Waals surface area contributed by atoms with Gasteiger partial charge in [0.1, 0.15) is 0 Å². The fourth-order valence-corrected chi connectivity index (χ4v) is 4.19. The van der Waals surface area contributed by atoms with Crippen LogP contribution >= 0.6 is 27.7 Å². The first kappa shape index (κ1) is 17.7. The van der Waals surface area contributed by atoms with Gasteiger partial charge in [-0.1, -0.05) is 6.92 Å². The van der Waals surface area contributed by atoms with Crippen molar-refractivity contribution in [3.63, 3.8) is 0 Å². The third kappa shape index (κ3) is 3.63. The van der Waals surface area contributed by atoms with Crippen LogP contribution in [0.4, 0.5) is 0 Å². The van der Waals surface area contributed by atoms with Gasteiger partial charge < -0.3 is 0 Å². The highest BCUT2D eigenvalue weighted by Gasteiger charge is 2.11. The predicted octanol–water partition coefficient (Wildman–Crippen LogP) is 4.50. The van der Waals surface area contributed by atoms with Gasteiger partial charge in [-0.25, -0.2) is 4.98 Å². The highest BCUT2D eigenvalue weighted by molar-refractivity contribution is 9.10. The van der Waals surface area contributed by atoms with Gasteiger partial charge in [0.05, 0.1) is 35.4 Å². The van der Waals surface area contributed by atoms with E-state index in [0.717, 1.165) is 26.2 Å². The minimum Gasteiger partial charge on any atom is -0.294 e. The third-order valence-corrected chi connectivity index (χ3v) is 5.46. The zero-order chi connectivity index (χ0) is 18.0. The van der Waals surface area contributed by atoms with Crippen LogP contribution in [-0.4, -0.2) is 15.3 Å². The van der Waals surface area contributed by atoms with E-state index in [-0.39, 0.29) is 5.56 Å². The summed E-state index contributed by atoms with van der Waals surface area (Å²) in [5.74, 6) is 0.926. The molecule has 0 radical (unpaired) electrons. The summed E-state index contributed by atoms with van der Waals surface area (Å²) in [6.45, 7) is 4.43. The zero-order valence-corrected chi connectivity index (χ0v) is 16.3. The zero-order valence-electron chi connectivity index (χ0n) is 13.9. The predicted molar refractivity (Wildman–Crippen MR) is 105 cm³/mol. The molecule has 0 atom stereocenters. The van der Waals surface area contributed by atoms with Gasteiger partial charge in [-0.15, -0.1) is 11.8 Å². The number of benzene rings is 2. The molecule has 0 amide bonds. The minimum atomic E-state index is -0.0794. The van der Waals surface area contributed by atoms with Gasteiger partial charge in [0.25, 0.3) is 5.56 Å². The minimum absolute atomic E-state index is 0.0794. The van der Waals surface area contributed by atoms with Gasteiger partial charge in [0, 0.05) is 9.37 Å². The Morgan fingerprint density at radius 2 is 2.12 bits per heavy atom. The van der Waals surface area contributed by atoms with Crippen molar-refractivity contribution in [2.24, 2.45) is 0 Å². The second-order valence-corrected chi connectivity index (χ2v) is 7.85. The van der Waals surface area contributed by atoms with Crippen molar-refractivity contribution < 1.29 is 0 Å². The summed E-state index contributed by atoms with van der Waals surface area (Å²) in [6, 6.07) is 11.6. The number of nitrogens with zero attached hydrogens (tertiary/aromatic N) is 3. The number of aryl methyl sites for hydroxylation is 1. The standard InChI is InChI=1S/C19H16BrN3OS/c1-3-25-17-5-4-13(9-21)8-14(17)10-23-11-22-18-15(19(23)24)6-12(2)7-16(18)20/h4-8,11H,3,10H2,1-2H3. The number of hydrogen-bond donors (Lipinski definition) is 0. The molecular weight excluding hydrogens is 398 g/mol. The highest BCUT2D eigenvalue weighted by atomic mass is 79.9. The van der Waals surface area contributed by atoms with E-state index >= 15 is 0 Å². The quantitative estimate of drug-likeness (QED) is 0.590. The molecule has 4 nitrogen and oxygen atoms in total. The molecule has 25 heavy (non-hydrogen) atoms. The number of hydrogen-bond acceptors (Lipinski definition) is 4. The third-order valence-electron chi connectivity index (χ3n) is 3.86. The van der Waals surface area contributed by atoms with Gasteiger partial charge in [0.2, 0.25) is 0 Å². The Kier molecular flexibility index (Phi) is 5.26. The second kappa shape index (κ2) is 7.42. The van der Waals surface area contributed by atoms with Gasteiger partial charge in [0.15, 0.2) is 0 Å². The second-order valence-electron chi connectivity index (χ2n) is 5.69. The van der Waals surface area contributed by atoms with Crippen LogP contribution in [0.1, 0.15) is 23.6 Å². The fraction of sp³-hybridized carbons (Fsp3) is 0.211. The van der Waals surface area contributed by atoms with E-state index in [4.69, 9.17) is 5.26 Å². The van der Waals surface area contributed by atoms with Crippen LogP contribution in [-0.2, 0) is 6.54 Å². The lowest BCUT2D eigenvalue weighted by molar-refractivity contribution is 0.737. The average Bonchev–Trinajstić information content (AvgIpc) is 2.59. The Morgan fingerprint density at radius 3 is 2.84 bits per heavy atom. The summed E-state index contributed by atoms with van der Waals surface area (Å²) >= 11 is 5.18. The van der Waals surface area contributed by atoms with Crippen LogP contribution in [0.15, 0.2) is 50.8 Å². The molecule has 0 aliphatic carbocycles. The molecule has 1 heterocycles. The Balaban J connectivity index is 2.11. The molecule has 0 fully saturated rings. The maximum Gasteiger partial charge on any atom is 0.261 e. The molecule has 1 aromatic heterocycles. The molecular formula is C19H16BrN3OS. The van der Waals surface area contributed by atoms with Crippen LogP contribution in [0, 0.1) is 18.3 Å². The summed E-state index contributed by atoms with van der Waals surface area (Å²) in [7, 11) is 0. The summed E-state index contributed by atoms with van der Waals surface area (Å²) in [4.78, 5) is 18.4. The maximum atomic E-state index is 12.9.